The lowest BCUT2D eigenvalue weighted by atomic mass is 10.2. The van der Waals surface area contributed by atoms with Crippen LogP contribution in [0.3, 0.4) is 0 Å². The van der Waals surface area contributed by atoms with Crippen LogP contribution in [0.15, 0.2) is 65.6 Å². The van der Waals surface area contributed by atoms with E-state index in [1.807, 2.05) is 43.3 Å². The summed E-state index contributed by atoms with van der Waals surface area (Å²) in [4.78, 5) is 0.316. The van der Waals surface area contributed by atoms with Gasteiger partial charge in [-0.2, -0.15) is 0 Å². The van der Waals surface area contributed by atoms with E-state index in [1.54, 1.807) is 38.1 Å². The van der Waals surface area contributed by atoms with Crippen molar-refractivity contribution in [1.29, 1.82) is 0 Å². The van der Waals surface area contributed by atoms with Crippen molar-refractivity contribution in [3.8, 4) is 0 Å². The van der Waals surface area contributed by atoms with Crippen molar-refractivity contribution in [3.05, 3.63) is 66.2 Å². The van der Waals surface area contributed by atoms with Gasteiger partial charge in [0.1, 0.15) is 0 Å². The zero-order valence-corrected chi connectivity index (χ0v) is 12.9. The Labute approximate surface area is 121 Å². The number of benzene rings is 2. The average molecular weight is 291 g/mol. The van der Waals surface area contributed by atoms with Crippen molar-refractivity contribution in [2.75, 3.05) is 0 Å². The maximum Gasteiger partial charge on any atom is 0.240 e. The Bertz CT molecular complexity index is 563. The summed E-state index contributed by atoms with van der Waals surface area (Å²) in [6.45, 7) is 5.52. The number of sulfonamides is 1. The largest absolute Gasteiger partial charge is 0.240 e. The van der Waals surface area contributed by atoms with E-state index in [-0.39, 0.29) is 6.04 Å². The van der Waals surface area contributed by atoms with E-state index in [2.05, 4.69) is 4.72 Å². The summed E-state index contributed by atoms with van der Waals surface area (Å²) in [5.74, 6) is 0. The fourth-order valence-electron chi connectivity index (χ4n) is 1.48. The van der Waals surface area contributed by atoms with E-state index in [0.717, 1.165) is 5.56 Å². The molecular formula is C16H21NO2S. The molecule has 108 valence electrons. The monoisotopic (exact) mass is 291 g/mol. The molecule has 0 atom stereocenters. The fraction of sp³-hybridized carbons (Fsp3) is 0.250. The molecule has 0 spiro atoms. The van der Waals surface area contributed by atoms with Crippen molar-refractivity contribution < 1.29 is 8.42 Å². The van der Waals surface area contributed by atoms with Crippen LogP contribution in [0.1, 0.15) is 19.4 Å². The molecule has 1 N–H and O–H groups in total. The summed E-state index contributed by atoms with van der Waals surface area (Å²) in [7, 11) is -3.33. The first-order valence-electron chi connectivity index (χ1n) is 6.51. The molecule has 2 aromatic carbocycles. The van der Waals surface area contributed by atoms with Gasteiger partial charge in [-0.05, 0) is 32.9 Å². The Morgan fingerprint density at radius 3 is 1.60 bits per heavy atom. The molecule has 0 amide bonds. The number of rotatable bonds is 3. The standard InChI is InChI=1S/C10H15NO2S.C6H6/c1-8(2)11-14(12,13)10-6-4-9(3)5-7-10;1-2-4-6-5-3-1/h4-8,11H,1-3H3;1-6H. The molecule has 0 saturated carbocycles. The van der Waals surface area contributed by atoms with Crippen LogP contribution in [-0.2, 0) is 10.0 Å². The summed E-state index contributed by atoms with van der Waals surface area (Å²) in [5.41, 5.74) is 1.05. The molecule has 20 heavy (non-hydrogen) atoms. The molecule has 0 radical (unpaired) electrons. The minimum Gasteiger partial charge on any atom is -0.209 e. The zero-order chi connectivity index (χ0) is 15.0. The highest BCUT2D eigenvalue weighted by Gasteiger charge is 2.14. The Kier molecular flexibility index (Phi) is 6.42. The molecule has 3 nitrogen and oxygen atoms in total. The lowest BCUT2D eigenvalue weighted by Crippen LogP contribution is -2.30. The molecule has 2 aromatic rings. The van der Waals surface area contributed by atoms with Crippen molar-refractivity contribution in [2.24, 2.45) is 0 Å². The number of hydrogen-bond donors (Lipinski definition) is 1. The Hall–Kier alpha value is -1.65. The topological polar surface area (TPSA) is 46.2 Å². The third kappa shape index (κ3) is 5.99. The molecule has 0 unspecified atom stereocenters. The number of nitrogens with one attached hydrogen (secondary N) is 1. The normalized spacial score (nSPS) is 10.8. The van der Waals surface area contributed by atoms with Gasteiger partial charge in [0.05, 0.1) is 4.90 Å². The van der Waals surface area contributed by atoms with Crippen molar-refractivity contribution in [2.45, 2.75) is 31.7 Å². The maximum absolute atomic E-state index is 11.6. The second kappa shape index (κ2) is 7.82. The van der Waals surface area contributed by atoms with Crippen LogP contribution in [0.25, 0.3) is 0 Å². The van der Waals surface area contributed by atoms with Gasteiger partial charge in [0.25, 0.3) is 0 Å². The van der Waals surface area contributed by atoms with E-state index >= 15 is 0 Å². The second-order valence-electron chi connectivity index (χ2n) is 4.74. The third-order valence-electron chi connectivity index (χ3n) is 2.39. The van der Waals surface area contributed by atoms with Gasteiger partial charge in [0, 0.05) is 6.04 Å². The van der Waals surface area contributed by atoms with E-state index in [4.69, 9.17) is 0 Å². The summed E-state index contributed by atoms with van der Waals surface area (Å²) >= 11 is 0. The molecule has 2 rings (SSSR count). The lowest BCUT2D eigenvalue weighted by Gasteiger charge is -2.09. The Balaban J connectivity index is 0.000000276. The van der Waals surface area contributed by atoms with Crippen LogP contribution in [0, 0.1) is 6.92 Å². The molecule has 0 aliphatic heterocycles. The highest BCUT2D eigenvalue weighted by Crippen LogP contribution is 2.10. The van der Waals surface area contributed by atoms with E-state index in [1.165, 1.54) is 0 Å². The summed E-state index contributed by atoms with van der Waals surface area (Å²) in [5, 5.41) is 0. The molecule has 0 bridgehead atoms. The first-order valence-corrected chi connectivity index (χ1v) is 7.99. The maximum atomic E-state index is 11.6. The SMILES string of the molecule is Cc1ccc(S(=O)(=O)NC(C)C)cc1.c1ccccc1. The molecular weight excluding hydrogens is 270 g/mol. The first kappa shape index (κ1) is 16.4. The predicted octanol–water partition coefficient (Wildman–Crippen LogP) is 3.37. The first-order chi connectivity index (χ1) is 9.42. The highest BCUT2D eigenvalue weighted by molar-refractivity contribution is 7.89. The van der Waals surface area contributed by atoms with E-state index in [9.17, 15) is 8.42 Å². The Morgan fingerprint density at radius 2 is 1.25 bits per heavy atom. The molecule has 0 aliphatic carbocycles. The van der Waals surface area contributed by atoms with Gasteiger partial charge < -0.3 is 0 Å². The van der Waals surface area contributed by atoms with E-state index in [0.29, 0.717) is 4.90 Å². The summed E-state index contributed by atoms with van der Waals surface area (Å²) in [6, 6.07) is 18.7. The van der Waals surface area contributed by atoms with Crippen molar-refractivity contribution >= 4 is 10.0 Å². The van der Waals surface area contributed by atoms with Crippen LogP contribution in [0.4, 0.5) is 0 Å². The molecule has 0 aromatic heterocycles. The third-order valence-corrected chi connectivity index (χ3v) is 4.06. The van der Waals surface area contributed by atoms with Crippen LogP contribution in [0.2, 0.25) is 0 Å². The second-order valence-corrected chi connectivity index (χ2v) is 6.46. The van der Waals surface area contributed by atoms with Crippen molar-refractivity contribution in [1.82, 2.24) is 4.72 Å². The van der Waals surface area contributed by atoms with E-state index < -0.39 is 10.0 Å². The van der Waals surface area contributed by atoms with Gasteiger partial charge in [-0.3, -0.25) is 0 Å². The average Bonchev–Trinajstić information content (AvgIpc) is 2.40. The molecule has 0 saturated heterocycles. The van der Waals surface area contributed by atoms with Gasteiger partial charge in [-0.25, -0.2) is 13.1 Å². The number of hydrogen-bond acceptors (Lipinski definition) is 2. The van der Waals surface area contributed by atoms with Crippen LogP contribution in [-0.4, -0.2) is 14.5 Å². The Morgan fingerprint density at radius 1 is 0.850 bits per heavy atom. The minimum atomic E-state index is -3.33. The molecule has 0 heterocycles. The van der Waals surface area contributed by atoms with Gasteiger partial charge >= 0.3 is 0 Å². The summed E-state index contributed by atoms with van der Waals surface area (Å²) < 4.78 is 25.8. The molecule has 4 heteroatoms. The van der Waals surface area contributed by atoms with Crippen molar-refractivity contribution in [3.63, 3.8) is 0 Å². The molecule has 0 fully saturated rings. The smallest absolute Gasteiger partial charge is 0.209 e. The van der Waals surface area contributed by atoms with Gasteiger partial charge in [0.15, 0.2) is 0 Å². The number of aryl methyl sites for hydroxylation is 1. The van der Waals surface area contributed by atoms with Gasteiger partial charge in [-0.15, -0.1) is 0 Å². The fourth-order valence-corrected chi connectivity index (χ4v) is 2.73. The minimum absolute atomic E-state index is 0.0821. The lowest BCUT2D eigenvalue weighted by molar-refractivity contribution is 0.570. The van der Waals surface area contributed by atoms with Crippen LogP contribution < -0.4 is 4.72 Å². The van der Waals surface area contributed by atoms with Crippen LogP contribution in [0.5, 0.6) is 0 Å². The van der Waals surface area contributed by atoms with Gasteiger partial charge in [-0.1, -0.05) is 54.1 Å². The van der Waals surface area contributed by atoms with Crippen LogP contribution >= 0.6 is 0 Å². The molecule has 0 aliphatic rings. The predicted molar refractivity (Wildman–Crippen MR) is 83.1 cm³/mol. The summed E-state index contributed by atoms with van der Waals surface area (Å²) in [6.07, 6.45) is 0. The highest BCUT2D eigenvalue weighted by atomic mass is 32.2. The van der Waals surface area contributed by atoms with Gasteiger partial charge in [0.2, 0.25) is 10.0 Å². The quantitative estimate of drug-likeness (QED) is 0.942. The zero-order valence-electron chi connectivity index (χ0n) is 12.1.